The molecule has 0 fully saturated rings. The van der Waals surface area contributed by atoms with Crippen molar-refractivity contribution in [2.75, 3.05) is 10.6 Å². The molecule has 0 aromatic heterocycles. The molecule has 0 saturated carbocycles. The van der Waals surface area contributed by atoms with E-state index >= 15 is 0 Å². The highest BCUT2D eigenvalue weighted by molar-refractivity contribution is 5.89. The van der Waals surface area contributed by atoms with Gasteiger partial charge >= 0.3 is 6.09 Å². The SMILES string of the molecule is CC(C)CCC(C)Nc1ccccc1NC(=O)OC(C)(C)C. The third-order valence-electron chi connectivity index (χ3n) is 3.14. The normalized spacial score (nSPS) is 12.9. The molecule has 0 aliphatic rings. The van der Waals surface area contributed by atoms with E-state index in [-0.39, 0.29) is 0 Å². The molecule has 1 unspecified atom stereocenters. The van der Waals surface area contributed by atoms with Gasteiger partial charge < -0.3 is 10.1 Å². The maximum Gasteiger partial charge on any atom is 0.412 e. The molecule has 0 aliphatic carbocycles. The first-order chi connectivity index (χ1) is 10.2. The third kappa shape index (κ3) is 7.34. The average molecular weight is 306 g/mol. The van der Waals surface area contributed by atoms with Crippen LogP contribution in [0.3, 0.4) is 0 Å². The number of nitrogens with one attached hydrogen (secondary N) is 2. The second kappa shape index (κ2) is 8.06. The van der Waals surface area contributed by atoms with Crippen LogP contribution in [0.25, 0.3) is 0 Å². The predicted octanol–water partition coefficient (Wildman–Crippen LogP) is 5.27. The molecule has 0 bridgehead atoms. The van der Waals surface area contributed by atoms with Gasteiger partial charge in [-0.25, -0.2) is 4.79 Å². The molecule has 1 atom stereocenters. The fourth-order valence-electron chi connectivity index (χ4n) is 2.05. The summed E-state index contributed by atoms with van der Waals surface area (Å²) in [5, 5.41) is 6.28. The summed E-state index contributed by atoms with van der Waals surface area (Å²) in [4.78, 5) is 11.9. The lowest BCUT2D eigenvalue weighted by Crippen LogP contribution is -2.27. The van der Waals surface area contributed by atoms with Crippen molar-refractivity contribution in [1.82, 2.24) is 0 Å². The molecule has 0 aliphatic heterocycles. The van der Waals surface area contributed by atoms with Gasteiger partial charge in [0.15, 0.2) is 0 Å². The standard InChI is InChI=1S/C18H30N2O2/c1-13(2)11-12-14(3)19-15-9-7-8-10-16(15)20-17(21)22-18(4,5)6/h7-10,13-14,19H,11-12H2,1-6H3,(H,20,21). The van der Waals surface area contributed by atoms with Gasteiger partial charge in [0.25, 0.3) is 0 Å². The molecule has 1 amide bonds. The lowest BCUT2D eigenvalue weighted by Gasteiger charge is -2.22. The predicted molar refractivity (Wildman–Crippen MR) is 93.5 cm³/mol. The number of rotatable bonds is 6. The number of ether oxygens (including phenoxy) is 1. The third-order valence-corrected chi connectivity index (χ3v) is 3.14. The highest BCUT2D eigenvalue weighted by atomic mass is 16.6. The molecule has 124 valence electrons. The topological polar surface area (TPSA) is 50.4 Å². The second-order valence-electron chi connectivity index (χ2n) is 7.19. The first-order valence-corrected chi connectivity index (χ1v) is 8.03. The largest absolute Gasteiger partial charge is 0.444 e. The van der Waals surface area contributed by atoms with Crippen molar-refractivity contribution in [3.8, 4) is 0 Å². The number of benzene rings is 1. The minimum absolute atomic E-state index is 0.351. The van der Waals surface area contributed by atoms with Crippen molar-refractivity contribution in [3.63, 3.8) is 0 Å². The van der Waals surface area contributed by atoms with Crippen LogP contribution >= 0.6 is 0 Å². The lowest BCUT2D eigenvalue weighted by atomic mass is 10.0. The van der Waals surface area contributed by atoms with E-state index in [0.29, 0.717) is 12.0 Å². The number of anilines is 2. The Balaban J connectivity index is 2.67. The van der Waals surface area contributed by atoms with Crippen LogP contribution in [0.5, 0.6) is 0 Å². The van der Waals surface area contributed by atoms with Gasteiger partial charge in [0.2, 0.25) is 0 Å². The van der Waals surface area contributed by atoms with Crippen molar-refractivity contribution in [1.29, 1.82) is 0 Å². The summed E-state index contributed by atoms with van der Waals surface area (Å²) in [5.41, 5.74) is 1.16. The van der Waals surface area contributed by atoms with Crippen LogP contribution in [0.4, 0.5) is 16.2 Å². The van der Waals surface area contributed by atoms with Gasteiger partial charge in [-0.05, 0) is 58.6 Å². The van der Waals surface area contributed by atoms with Crippen LogP contribution in [0.15, 0.2) is 24.3 Å². The number of carbonyl (C=O) groups excluding carboxylic acids is 1. The van der Waals surface area contributed by atoms with Crippen molar-refractivity contribution in [2.24, 2.45) is 5.92 Å². The Morgan fingerprint density at radius 3 is 2.23 bits per heavy atom. The Morgan fingerprint density at radius 1 is 1.09 bits per heavy atom. The average Bonchev–Trinajstić information content (AvgIpc) is 2.36. The molecule has 22 heavy (non-hydrogen) atoms. The molecule has 0 radical (unpaired) electrons. The van der Waals surface area contributed by atoms with E-state index in [1.165, 1.54) is 6.42 Å². The van der Waals surface area contributed by atoms with E-state index in [9.17, 15) is 4.79 Å². The van der Waals surface area contributed by atoms with Gasteiger partial charge in [-0.1, -0.05) is 26.0 Å². The maximum atomic E-state index is 11.9. The Labute approximate surface area is 134 Å². The van der Waals surface area contributed by atoms with Gasteiger partial charge in [0.1, 0.15) is 5.60 Å². The molecule has 1 aromatic rings. The Bertz CT molecular complexity index is 478. The zero-order valence-corrected chi connectivity index (χ0v) is 14.7. The van der Waals surface area contributed by atoms with Crippen LogP contribution in [0.1, 0.15) is 54.4 Å². The Kier molecular flexibility index (Phi) is 6.72. The van der Waals surface area contributed by atoms with E-state index in [0.717, 1.165) is 17.8 Å². The van der Waals surface area contributed by atoms with Crippen LogP contribution in [0.2, 0.25) is 0 Å². The molecule has 0 saturated heterocycles. The van der Waals surface area contributed by atoms with Crippen LogP contribution in [-0.4, -0.2) is 17.7 Å². The monoisotopic (exact) mass is 306 g/mol. The van der Waals surface area contributed by atoms with Gasteiger partial charge in [-0.3, -0.25) is 5.32 Å². The summed E-state index contributed by atoms with van der Waals surface area (Å²) < 4.78 is 5.30. The summed E-state index contributed by atoms with van der Waals surface area (Å²) in [6.07, 6.45) is 1.84. The van der Waals surface area contributed by atoms with Crippen LogP contribution in [0, 0.1) is 5.92 Å². The zero-order chi connectivity index (χ0) is 16.8. The minimum Gasteiger partial charge on any atom is -0.444 e. The summed E-state index contributed by atoms with van der Waals surface area (Å²) in [5.74, 6) is 0.694. The van der Waals surface area contributed by atoms with E-state index in [1.54, 1.807) is 0 Å². The molecule has 1 aromatic carbocycles. The number of hydrogen-bond acceptors (Lipinski definition) is 3. The Morgan fingerprint density at radius 2 is 1.68 bits per heavy atom. The zero-order valence-electron chi connectivity index (χ0n) is 14.7. The summed E-state index contributed by atoms with van der Waals surface area (Å²) in [6, 6.07) is 8.05. The second-order valence-corrected chi connectivity index (χ2v) is 7.19. The fourth-order valence-corrected chi connectivity index (χ4v) is 2.05. The van der Waals surface area contributed by atoms with Crippen LogP contribution in [-0.2, 0) is 4.74 Å². The number of para-hydroxylation sites is 2. The lowest BCUT2D eigenvalue weighted by molar-refractivity contribution is 0.0636. The van der Waals surface area contributed by atoms with E-state index in [1.807, 2.05) is 45.0 Å². The molecule has 0 heterocycles. The fraction of sp³-hybridized carbons (Fsp3) is 0.611. The molecule has 4 heteroatoms. The number of hydrogen-bond donors (Lipinski definition) is 2. The van der Waals surface area contributed by atoms with Crippen molar-refractivity contribution in [3.05, 3.63) is 24.3 Å². The highest BCUT2D eigenvalue weighted by Crippen LogP contribution is 2.23. The van der Waals surface area contributed by atoms with Crippen LogP contribution < -0.4 is 10.6 Å². The van der Waals surface area contributed by atoms with E-state index < -0.39 is 11.7 Å². The summed E-state index contributed by atoms with van der Waals surface area (Å²) in [7, 11) is 0. The van der Waals surface area contributed by atoms with Gasteiger partial charge in [0.05, 0.1) is 11.4 Å². The van der Waals surface area contributed by atoms with Crippen molar-refractivity contribution < 1.29 is 9.53 Å². The van der Waals surface area contributed by atoms with Crippen molar-refractivity contribution >= 4 is 17.5 Å². The molecular weight excluding hydrogens is 276 g/mol. The maximum absolute atomic E-state index is 11.9. The molecule has 0 spiro atoms. The molecule has 4 nitrogen and oxygen atoms in total. The first-order valence-electron chi connectivity index (χ1n) is 8.03. The molecule has 1 rings (SSSR count). The highest BCUT2D eigenvalue weighted by Gasteiger charge is 2.17. The quantitative estimate of drug-likeness (QED) is 0.752. The summed E-state index contributed by atoms with van der Waals surface area (Å²) >= 11 is 0. The van der Waals surface area contributed by atoms with Gasteiger partial charge in [0, 0.05) is 6.04 Å². The number of amides is 1. The first kappa shape index (κ1) is 18.3. The minimum atomic E-state index is -0.503. The van der Waals surface area contributed by atoms with E-state index in [2.05, 4.69) is 31.4 Å². The van der Waals surface area contributed by atoms with Gasteiger partial charge in [-0.15, -0.1) is 0 Å². The Hall–Kier alpha value is -1.71. The summed E-state index contributed by atoms with van der Waals surface area (Å²) in [6.45, 7) is 12.2. The molecule has 2 N–H and O–H groups in total. The van der Waals surface area contributed by atoms with E-state index in [4.69, 9.17) is 4.74 Å². The van der Waals surface area contributed by atoms with Gasteiger partial charge in [-0.2, -0.15) is 0 Å². The van der Waals surface area contributed by atoms with Crippen molar-refractivity contribution in [2.45, 2.75) is 66.0 Å². The number of carbonyl (C=O) groups is 1. The molecular formula is C18H30N2O2. The smallest absolute Gasteiger partial charge is 0.412 e.